The number of carbonyl (C=O) groups is 2. The van der Waals surface area contributed by atoms with Gasteiger partial charge in [0.1, 0.15) is 6.04 Å². The summed E-state index contributed by atoms with van der Waals surface area (Å²) >= 11 is 6.29. The van der Waals surface area contributed by atoms with Crippen LogP contribution in [0.15, 0.2) is 54.6 Å². The first kappa shape index (κ1) is 21.0. The van der Waals surface area contributed by atoms with E-state index in [4.69, 9.17) is 11.6 Å². The zero-order chi connectivity index (χ0) is 19.8. The SMILES string of the molecule is CC[C@H](C)NC(=O)[C@@H](C)N(Cc1ccccc1Cl)C(=O)Cc1ccccc1. The minimum atomic E-state index is -0.591. The first-order valence-corrected chi connectivity index (χ1v) is 9.67. The molecule has 2 rings (SSSR count). The maximum Gasteiger partial charge on any atom is 0.242 e. The van der Waals surface area contributed by atoms with Crippen LogP contribution in [0.25, 0.3) is 0 Å². The molecule has 0 fully saturated rings. The Labute approximate surface area is 166 Å². The summed E-state index contributed by atoms with van der Waals surface area (Å²) in [7, 11) is 0. The second-order valence-electron chi connectivity index (χ2n) is 6.77. The summed E-state index contributed by atoms with van der Waals surface area (Å²) in [5, 5.41) is 3.55. The molecule has 0 saturated heterocycles. The summed E-state index contributed by atoms with van der Waals surface area (Å²) in [5.41, 5.74) is 1.74. The minimum absolute atomic E-state index is 0.0614. The van der Waals surface area contributed by atoms with E-state index < -0.39 is 6.04 Å². The molecule has 4 nitrogen and oxygen atoms in total. The van der Waals surface area contributed by atoms with Crippen molar-refractivity contribution in [3.63, 3.8) is 0 Å². The van der Waals surface area contributed by atoms with E-state index in [1.54, 1.807) is 17.9 Å². The highest BCUT2D eigenvalue weighted by molar-refractivity contribution is 6.31. The number of rotatable bonds is 8. The molecule has 0 unspecified atom stereocenters. The second kappa shape index (κ2) is 10.1. The number of carbonyl (C=O) groups excluding carboxylic acids is 2. The smallest absolute Gasteiger partial charge is 0.242 e. The molecule has 5 heteroatoms. The summed E-state index contributed by atoms with van der Waals surface area (Å²) in [5.74, 6) is -0.259. The molecule has 0 bridgehead atoms. The third-order valence-corrected chi connectivity index (χ3v) is 5.03. The Morgan fingerprint density at radius 1 is 1.04 bits per heavy atom. The molecule has 0 saturated carbocycles. The van der Waals surface area contributed by atoms with Gasteiger partial charge in [0.25, 0.3) is 0 Å². The molecule has 0 heterocycles. The van der Waals surface area contributed by atoms with Crippen molar-refractivity contribution < 1.29 is 9.59 Å². The van der Waals surface area contributed by atoms with E-state index in [1.165, 1.54) is 0 Å². The Hall–Kier alpha value is -2.33. The lowest BCUT2D eigenvalue weighted by molar-refractivity contribution is -0.140. The Morgan fingerprint density at radius 2 is 1.67 bits per heavy atom. The van der Waals surface area contributed by atoms with E-state index in [9.17, 15) is 9.59 Å². The molecule has 1 N–H and O–H groups in total. The molecule has 2 aromatic rings. The minimum Gasteiger partial charge on any atom is -0.352 e. The molecule has 0 aliphatic heterocycles. The molecule has 27 heavy (non-hydrogen) atoms. The van der Waals surface area contributed by atoms with Gasteiger partial charge in [0.2, 0.25) is 11.8 Å². The number of nitrogens with one attached hydrogen (secondary N) is 1. The van der Waals surface area contributed by atoms with Crippen LogP contribution in [0, 0.1) is 0 Å². The average molecular weight is 387 g/mol. The lowest BCUT2D eigenvalue weighted by atomic mass is 10.1. The van der Waals surface area contributed by atoms with Gasteiger partial charge in [0.15, 0.2) is 0 Å². The van der Waals surface area contributed by atoms with Gasteiger partial charge in [0.05, 0.1) is 6.42 Å². The lowest BCUT2D eigenvalue weighted by Gasteiger charge is -2.30. The quantitative estimate of drug-likeness (QED) is 0.738. The number of halogens is 1. The molecular formula is C22H27ClN2O2. The highest BCUT2D eigenvalue weighted by atomic mass is 35.5. The molecule has 0 radical (unpaired) electrons. The van der Waals surface area contributed by atoms with Crippen LogP contribution in [0.5, 0.6) is 0 Å². The van der Waals surface area contributed by atoms with Crippen LogP contribution in [-0.4, -0.2) is 28.8 Å². The van der Waals surface area contributed by atoms with Crippen LogP contribution in [-0.2, 0) is 22.6 Å². The summed E-state index contributed by atoms with van der Waals surface area (Å²) in [6.07, 6.45) is 1.08. The summed E-state index contributed by atoms with van der Waals surface area (Å²) in [6, 6.07) is 16.4. The van der Waals surface area contributed by atoms with Crippen molar-refractivity contribution in [2.75, 3.05) is 0 Å². The van der Waals surface area contributed by atoms with Crippen LogP contribution in [0.2, 0.25) is 5.02 Å². The van der Waals surface area contributed by atoms with Crippen LogP contribution in [0.4, 0.5) is 0 Å². The fourth-order valence-electron chi connectivity index (χ4n) is 2.73. The first-order valence-electron chi connectivity index (χ1n) is 9.29. The summed E-state index contributed by atoms with van der Waals surface area (Å²) in [6.45, 7) is 6.02. The molecule has 144 valence electrons. The molecule has 2 aromatic carbocycles. The van der Waals surface area contributed by atoms with Crippen molar-refractivity contribution in [3.8, 4) is 0 Å². The Kier molecular flexibility index (Phi) is 7.86. The average Bonchev–Trinajstić information content (AvgIpc) is 2.67. The number of nitrogens with zero attached hydrogens (tertiary/aromatic N) is 1. The molecule has 0 aromatic heterocycles. The first-order chi connectivity index (χ1) is 12.9. The largest absolute Gasteiger partial charge is 0.352 e. The zero-order valence-electron chi connectivity index (χ0n) is 16.1. The maximum absolute atomic E-state index is 13.0. The predicted molar refractivity (Wildman–Crippen MR) is 110 cm³/mol. The van der Waals surface area contributed by atoms with Gasteiger partial charge in [-0.25, -0.2) is 0 Å². The van der Waals surface area contributed by atoms with Gasteiger partial charge < -0.3 is 10.2 Å². The molecule has 0 spiro atoms. The van der Waals surface area contributed by atoms with E-state index in [2.05, 4.69) is 5.32 Å². The van der Waals surface area contributed by atoms with Crippen molar-refractivity contribution in [3.05, 3.63) is 70.7 Å². The van der Waals surface area contributed by atoms with Crippen molar-refractivity contribution in [1.29, 1.82) is 0 Å². The van der Waals surface area contributed by atoms with E-state index in [1.807, 2.05) is 62.4 Å². The van der Waals surface area contributed by atoms with Crippen LogP contribution >= 0.6 is 11.6 Å². The third kappa shape index (κ3) is 6.10. The highest BCUT2D eigenvalue weighted by Crippen LogP contribution is 2.19. The van der Waals surface area contributed by atoms with Crippen molar-refractivity contribution >= 4 is 23.4 Å². The van der Waals surface area contributed by atoms with Crippen molar-refractivity contribution in [2.24, 2.45) is 0 Å². The van der Waals surface area contributed by atoms with Gasteiger partial charge in [-0.15, -0.1) is 0 Å². The molecule has 0 aliphatic carbocycles. The van der Waals surface area contributed by atoms with Gasteiger partial charge in [-0.1, -0.05) is 67.1 Å². The van der Waals surface area contributed by atoms with Crippen molar-refractivity contribution in [1.82, 2.24) is 10.2 Å². The topological polar surface area (TPSA) is 49.4 Å². The Bertz CT molecular complexity index is 764. The van der Waals surface area contributed by atoms with Gasteiger partial charge in [-0.3, -0.25) is 9.59 Å². The Balaban J connectivity index is 2.22. The van der Waals surface area contributed by atoms with Crippen LogP contribution in [0.3, 0.4) is 0 Å². The van der Waals surface area contributed by atoms with E-state index in [-0.39, 0.29) is 24.3 Å². The fourth-order valence-corrected chi connectivity index (χ4v) is 2.93. The second-order valence-corrected chi connectivity index (χ2v) is 7.18. The lowest BCUT2D eigenvalue weighted by Crippen LogP contribution is -2.49. The van der Waals surface area contributed by atoms with Gasteiger partial charge >= 0.3 is 0 Å². The maximum atomic E-state index is 13.0. The van der Waals surface area contributed by atoms with E-state index in [0.717, 1.165) is 17.5 Å². The zero-order valence-corrected chi connectivity index (χ0v) is 16.9. The fraction of sp³-hybridized carbons (Fsp3) is 0.364. The molecule has 2 atom stereocenters. The van der Waals surface area contributed by atoms with E-state index in [0.29, 0.717) is 11.6 Å². The monoisotopic (exact) mass is 386 g/mol. The van der Waals surface area contributed by atoms with Crippen LogP contribution in [0.1, 0.15) is 38.3 Å². The van der Waals surface area contributed by atoms with Gasteiger partial charge in [-0.2, -0.15) is 0 Å². The van der Waals surface area contributed by atoms with Gasteiger partial charge in [0, 0.05) is 17.6 Å². The van der Waals surface area contributed by atoms with Crippen LogP contribution < -0.4 is 5.32 Å². The predicted octanol–water partition coefficient (Wildman–Crippen LogP) is 4.21. The molecule has 0 aliphatic rings. The van der Waals surface area contributed by atoms with Crippen molar-refractivity contribution in [2.45, 2.75) is 52.2 Å². The highest BCUT2D eigenvalue weighted by Gasteiger charge is 2.27. The normalized spacial score (nSPS) is 12.9. The number of hydrogen-bond acceptors (Lipinski definition) is 2. The number of hydrogen-bond donors (Lipinski definition) is 1. The molecular weight excluding hydrogens is 360 g/mol. The third-order valence-electron chi connectivity index (χ3n) is 4.67. The molecule has 2 amide bonds. The number of benzene rings is 2. The van der Waals surface area contributed by atoms with E-state index >= 15 is 0 Å². The standard InChI is InChI=1S/C22H27ClN2O2/c1-4-16(2)24-22(27)17(3)25(15-19-12-8-9-13-20(19)23)21(26)14-18-10-6-5-7-11-18/h5-13,16-17H,4,14-15H2,1-3H3,(H,24,27)/t16-,17+/m0/s1. The Morgan fingerprint density at radius 3 is 2.30 bits per heavy atom. The van der Waals surface area contributed by atoms with Gasteiger partial charge in [-0.05, 0) is 37.5 Å². The summed E-state index contributed by atoms with van der Waals surface area (Å²) in [4.78, 5) is 27.3. The number of amides is 2. The summed E-state index contributed by atoms with van der Waals surface area (Å²) < 4.78 is 0.